The Labute approximate surface area is 96.4 Å². The van der Waals surface area contributed by atoms with E-state index >= 15 is 0 Å². The van der Waals surface area contributed by atoms with Crippen LogP contribution in [0.25, 0.3) is 0 Å². The van der Waals surface area contributed by atoms with Gasteiger partial charge in [-0.2, -0.15) is 0 Å². The average Bonchev–Trinajstić information content (AvgIpc) is 2.24. The number of nitrogens with two attached hydrogens (primary N) is 1. The summed E-state index contributed by atoms with van der Waals surface area (Å²) in [5, 5.41) is 11.1. The van der Waals surface area contributed by atoms with E-state index in [1.807, 2.05) is 0 Å². The second kappa shape index (κ2) is 10.4. The summed E-state index contributed by atoms with van der Waals surface area (Å²) < 4.78 is 0. The summed E-state index contributed by atoms with van der Waals surface area (Å²) in [4.78, 5) is 21.5. The number of primary amides is 1. The third kappa shape index (κ3) is 11.0. The van der Waals surface area contributed by atoms with Crippen molar-refractivity contribution in [3.05, 3.63) is 0 Å². The zero-order chi connectivity index (χ0) is 12.2. The van der Waals surface area contributed by atoms with Crippen molar-refractivity contribution in [1.29, 1.82) is 0 Å². The average molecular weight is 230 g/mol. The zero-order valence-electron chi connectivity index (χ0n) is 9.71. The first-order valence-corrected chi connectivity index (χ1v) is 5.82. The zero-order valence-corrected chi connectivity index (χ0v) is 9.71. The van der Waals surface area contributed by atoms with Gasteiger partial charge in [0.1, 0.15) is 0 Å². The van der Waals surface area contributed by atoms with Crippen molar-refractivity contribution in [2.24, 2.45) is 5.73 Å². The van der Waals surface area contributed by atoms with Crippen molar-refractivity contribution in [1.82, 2.24) is 5.32 Å². The third-order valence-electron chi connectivity index (χ3n) is 2.26. The number of carbonyl (C=O) groups excluding carboxylic acids is 2. The van der Waals surface area contributed by atoms with Crippen LogP contribution in [-0.2, 0) is 9.59 Å². The lowest BCUT2D eigenvalue weighted by Gasteiger charge is -2.03. The van der Waals surface area contributed by atoms with Gasteiger partial charge in [-0.1, -0.05) is 19.3 Å². The van der Waals surface area contributed by atoms with Gasteiger partial charge >= 0.3 is 0 Å². The minimum Gasteiger partial charge on any atom is -0.395 e. The predicted molar refractivity (Wildman–Crippen MR) is 61.6 cm³/mol. The highest BCUT2D eigenvalue weighted by Gasteiger charge is 2.00. The Morgan fingerprint density at radius 3 is 2.12 bits per heavy atom. The molecule has 4 N–H and O–H groups in total. The maximum absolute atomic E-state index is 11.1. The molecular weight excluding hydrogens is 208 g/mol. The lowest BCUT2D eigenvalue weighted by atomic mass is 10.1. The summed E-state index contributed by atoms with van der Waals surface area (Å²) in [6.45, 7) is 0.316. The summed E-state index contributed by atoms with van der Waals surface area (Å²) in [6, 6.07) is 0. The first kappa shape index (κ1) is 14.9. The van der Waals surface area contributed by atoms with E-state index < -0.39 is 0 Å². The number of nitrogens with one attached hydrogen (secondary N) is 1. The quantitative estimate of drug-likeness (QED) is 0.472. The highest BCUT2D eigenvalue weighted by molar-refractivity contribution is 5.75. The van der Waals surface area contributed by atoms with Crippen LogP contribution >= 0.6 is 0 Å². The summed E-state index contributed by atoms with van der Waals surface area (Å²) in [5.74, 6) is -0.255. The monoisotopic (exact) mass is 230 g/mol. The summed E-state index contributed by atoms with van der Waals surface area (Å²) in [5.41, 5.74) is 5.01. The number of hydrogen-bond donors (Lipinski definition) is 3. The number of unbranched alkanes of at least 4 members (excludes halogenated alkanes) is 4. The Kier molecular flexibility index (Phi) is 9.70. The number of amides is 2. The van der Waals surface area contributed by atoms with Gasteiger partial charge in [0.15, 0.2) is 0 Å². The van der Waals surface area contributed by atoms with Crippen LogP contribution in [0, 0.1) is 0 Å². The van der Waals surface area contributed by atoms with Gasteiger partial charge in [-0.25, -0.2) is 0 Å². The molecule has 0 aromatic carbocycles. The van der Waals surface area contributed by atoms with Gasteiger partial charge < -0.3 is 16.2 Å². The molecule has 5 nitrogen and oxygen atoms in total. The van der Waals surface area contributed by atoms with Crippen LogP contribution in [0.2, 0.25) is 0 Å². The van der Waals surface area contributed by atoms with Gasteiger partial charge in [0.25, 0.3) is 0 Å². The fourth-order valence-electron chi connectivity index (χ4n) is 1.40. The molecule has 0 aromatic rings. The van der Waals surface area contributed by atoms with E-state index in [1.54, 1.807) is 0 Å². The summed E-state index contributed by atoms with van der Waals surface area (Å²) >= 11 is 0. The van der Waals surface area contributed by atoms with Crippen molar-refractivity contribution < 1.29 is 14.7 Å². The largest absolute Gasteiger partial charge is 0.395 e. The smallest absolute Gasteiger partial charge is 0.220 e. The molecule has 0 saturated carbocycles. The summed E-state index contributed by atoms with van der Waals surface area (Å²) in [7, 11) is 0. The van der Waals surface area contributed by atoms with Crippen molar-refractivity contribution in [3.8, 4) is 0 Å². The highest BCUT2D eigenvalue weighted by Crippen LogP contribution is 2.06. The van der Waals surface area contributed by atoms with Crippen molar-refractivity contribution in [2.45, 2.75) is 44.9 Å². The van der Waals surface area contributed by atoms with E-state index in [0.717, 1.165) is 32.1 Å². The van der Waals surface area contributed by atoms with Crippen LogP contribution < -0.4 is 11.1 Å². The first-order valence-electron chi connectivity index (χ1n) is 5.82. The molecule has 0 atom stereocenters. The Bertz CT molecular complexity index is 207. The van der Waals surface area contributed by atoms with Crippen molar-refractivity contribution in [2.75, 3.05) is 13.2 Å². The Morgan fingerprint density at radius 2 is 1.56 bits per heavy atom. The lowest BCUT2D eigenvalue weighted by Crippen LogP contribution is -2.25. The van der Waals surface area contributed by atoms with E-state index in [-0.39, 0.29) is 18.4 Å². The molecule has 0 radical (unpaired) electrons. The Hall–Kier alpha value is -1.10. The first-order chi connectivity index (χ1) is 7.66. The maximum atomic E-state index is 11.1. The van der Waals surface area contributed by atoms with E-state index in [2.05, 4.69) is 5.32 Å². The fourth-order valence-corrected chi connectivity index (χ4v) is 1.40. The standard InChI is InChI=1S/C11H22N2O3/c12-10(15)6-4-2-1-3-5-7-11(16)13-8-9-14/h14H,1-9H2,(H2,12,15)(H,13,16). The second-order valence-electron chi connectivity index (χ2n) is 3.81. The molecule has 0 aliphatic carbocycles. The van der Waals surface area contributed by atoms with E-state index in [9.17, 15) is 9.59 Å². The van der Waals surface area contributed by atoms with Crippen LogP contribution in [0.4, 0.5) is 0 Å². The topological polar surface area (TPSA) is 92.4 Å². The fraction of sp³-hybridized carbons (Fsp3) is 0.818. The maximum Gasteiger partial charge on any atom is 0.220 e. The van der Waals surface area contributed by atoms with Crippen LogP contribution in [0.3, 0.4) is 0 Å². The molecule has 0 fully saturated rings. The SMILES string of the molecule is NC(=O)CCCCCCCC(=O)NCCO. The predicted octanol–water partition coefficient (Wildman–Crippen LogP) is 0.311. The van der Waals surface area contributed by atoms with E-state index in [0.29, 0.717) is 19.4 Å². The molecule has 16 heavy (non-hydrogen) atoms. The third-order valence-corrected chi connectivity index (χ3v) is 2.26. The van der Waals surface area contributed by atoms with Crippen molar-refractivity contribution in [3.63, 3.8) is 0 Å². The van der Waals surface area contributed by atoms with E-state index in [4.69, 9.17) is 10.8 Å². The van der Waals surface area contributed by atoms with Crippen LogP contribution in [-0.4, -0.2) is 30.1 Å². The van der Waals surface area contributed by atoms with Gasteiger partial charge in [0, 0.05) is 19.4 Å². The van der Waals surface area contributed by atoms with Gasteiger partial charge in [-0.15, -0.1) is 0 Å². The molecule has 0 aliphatic heterocycles. The molecule has 2 amide bonds. The number of hydrogen-bond acceptors (Lipinski definition) is 3. The highest BCUT2D eigenvalue weighted by atomic mass is 16.3. The molecule has 0 bridgehead atoms. The Balaban J connectivity index is 3.14. The Morgan fingerprint density at radius 1 is 1.00 bits per heavy atom. The van der Waals surface area contributed by atoms with Gasteiger partial charge in [-0.05, 0) is 12.8 Å². The molecule has 0 aromatic heterocycles. The van der Waals surface area contributed by atoms with Crippen molar-refractivity contribution >= 4 is 11.8 Å². The normalized spacial score (nSPS) is 10.1. The lowest BCUT2D eigenvalue weighted by molar-refractivity contribution is -0.121. The van der Waals surface area contributed by atoms with Gasteiger partial charge in [-0.3, -0.25) is 9.59 Å². The number of carbonyl (C=O) groups is 2. The number of rotatable bonds is 10. The minimum atomic E-state index is -0.247. The second-order valence-corrected chi connectivity index (χ2v) is 3.81. The van der Waals surface area contributed by atoms with Gasteiger partial charge in [0.2, 0.25) is 11.8 Å². The molecule has 0 heterocycles. The van der Waals surface area contributed by atoms with Crippen LogP contribution in [0.5, 0.6) is 0 Å². The minimum absolute atomic E-state index is 0.00816. The number of aliphatic hydroxyl groups is 1. The molecule has 94 valence electrons. The van der Waals surface area contributed by atoms with Crippen LogP contribution in [0.15, 0.2) is 0 Å². The summed E-state index contributed by atoms with van der Waals surface area (Å²) in [6.07, 6.45) is 5.67. The molecule has 0 rings (SSSR count). The van der Waals surface area contributed by atoms with E-state index in [1.165, 1.54) is 0 Å². The van der Waals surface area contributed by atoms with Crippen LogP contribution in [0.1, 0.15) is 44.9 Å². The molecule has 5 heteroatoms. The van der Waals surface area contributed by atoms with Gasteiger partial charge in [0.05, 0.1) is 6.61 Å². The molecule has 0 saturated heterocycles. The molecule has 0 spiro atoms. The molecule has 0 unspecified atom stereocenters. The molecular formula is C11H22N2O3. The number of aliphatic hydroxyl groups excluding tert-OH is 1. The molecule has 0 aliphatic rings.